The number of rotatable bonds is 2. The summed E-state index contributed by atoms with van der Waals surface area (Å²) in [6, 6.07) is 36.2. The van der Waals surface area contributed by atoms with Gasteiger partial charge in [0.05, 0.1) is 23.3 Å². The molecule has 0 aromatic heterocycles. The Morgan fingerprint density at radius 2 is 0.793 bits per heavy atom. The molecule has 138 valence electrons. The van der Waals surface area contributed by atoms with Gasteiger partial charge in [0, 0.05) is 0 Å². The predicted molar refractivity (Wildman–Crippen MR) is 115 cm³/mol. The summed E-state index contributed by atoms with van der Waals surface area (Å²) in [4.78, 5) is 0. The minimum absolute atomic E-state index is 0.257. The molecule has 29 heavy (non-hydrogen) atoms. The van der Waals surface area contributed by atoms with E-state index in [1.54, 1.807) is 24.3 Å². The number of hydrogen-bond donors (Lipinski definition) is 1. The van der Waals surface area contributed by atoms with Crippen molar-refractivity contribution in [3.63, 3.8) is 0 Å². The molecule has 0 aliphatic rings. The molecule has 0 saturated carbocycles. The van der Waals surface area contributed by atoms with Gasteiger partial charge in [-0.25, -0.2) is 0 Å². The van der Waals surface area contributed by atoms with Crippen LogP contribution in [0, 0.1) is 22.7 Å². The van der Waals surface area contributed by atoms with Gasteiger partial charge in [-0.2, -0.15) is 10.5 Å². The number of hydrogen-bond acceptors (Lipinski definition) is 3. The van der Waals surface area contributed by atoms with Gasteiger partial charge in [-0.15, -0.1) is 0 Å². The topological polar surface area (TPSA) is 67.8 Å². The lowest BCUT2D eigenvalue weighted by Crippen LogP contribution is -1.78. The van der Waals surface area contributed by atoms with Crippen LogP contribution in [0.15, 0.2) is 103 Å². The highest BCUT2D eigenvalue weighted by Crippen LogP contribution is 2.22. The Bertz CT molecular complexity index is 1130. The van der Waals surface area contributed by atoms with Crippen molar-refractivity contribution in [3.05, 3.63) is 114 Å². The Labute approximate surface area is 170 Å². The molecular formula is C26H18N2O. The summed E-state index contributed by atoms with van der Waals surface area (Å²) in [6.45, 7) is 0. The van der Waals surface area contributed by atoms with Crippen molar-refractivity contribution in [3.8, 4) is 40.1 Å². The average molecular weight is 374 g/mol. The van der Waals surface area contributed by atoms with Gasteiger partial charge in [-0.05, 0) is 58.7 Å². The second-order valence-electron chi connectivity index (χ2n) is 6.29. The Morgan fingerprint density at radius 1 is 0.448 bits per heavy atom. The minimum Gasteiger partial charge on any atom is -0.508 e. The van der Waals surface area contributed by atoms with Gasteiger partial charge in [0.15, 0.2) is 0 Å². The first-order valence-electron chi connectivity index (χ1n) is 9.05. The van der Waals surface area contributed by atoms with Crippen LogP contribution in [0.1, 0.15) is 11.1 Å². The minimum atomic E-state index is 0.257. The SMILES string of the molecule is N#Cc1ccc(-c2ccc(O)cc2)cc1.N#Cc1ccc(-c2ccccc2)cc1. The third-order valence-corrected chi connectivity index (χ3v) is 4.34. The van der Waals surface area contributed by atoms with Crippen LogP contribution in [0.4, 0.5) is 0 Å². The quantitative estimate of drug-likeness (QED) is 0.457. The van der Waals surface area contributed by atoms with E-state index >= 15 is 0 Å². The molecule has 0 aliphatic heterocycles. The summed E-state index contributed by atoms with van der Waals surface area (Å²) in [5.74, 6) is 0.257. The Hall–Kier alpha value is -4.34. The average Bonchev–Trinajstić information content (AvgIpc) is 2.81. The van der Waals surface area contributed by atoms with Crippen LogP contribution in [-0.4, -0.2) is 5.11 Å². The number of aromatic hydroxyl groups is 1. The maximum Gasteiger partial charge on any atom is 0.115 e. The molecule has 4 aromatic rings. The summed E-state index contributed by atoms with van der Waals surface area (Å²) in [6.07, 6.45) is 0. The van der Waals surface area contributed by atoms with Crippen LogP contribution < -0.4 is 0 Å². The van der Waals surface area contributed by atoms with E-state index < -0.39 is 0 Å². The molecular weight excluding hydrogens is 356 g/mol. The lowest BCUT2D eigenvalue weighted by atomic mass is 10.0. The van der Waals surface area contributed by atoms with Crippen molar-refractivity contribution >= 4 is 0 Å². The molecule has 0 amide bonds. The zero-order valence-electron chi connectivity index (χ0n) is 15.7. The van der Waals surface area contributed by atoms with E-state index in [0.29, 0.717) is 11.1 Å². The van der Waals surface area contributed by atoms with Crippen LogP contribution in [0.3, 0.4) is 0 Å². The lowest BCUT2D eigenvalue weighted by Gasteiger charge is -2.01. The highest BCUT2D eigenvalue weighted by atomic mass is 16.3. The first-order chi connectivity index (χ1) is 14.2. The maximum atomic E-state index is 9.14. The van der Waals surface area contributed by atoms with Crippen molar-refractivity contribution in [2.45, 2.75) is 0 Å². The fraction of sp³-hybridized carbons (Fsp3) is 0. The molecule has 0 unspecified atom stereocenters. The van der Waals surface area contributed by atoms with Crippen LogP contribution >= 0.6 is 0 Å². The van der Waals surface area contributed by atoms with Crippen molar-refractivity contribution in [2.75, 3.05) is 0 Å². The van der Waals surface area contributed by atoms with E-state index in [1.165, 1.54) is 5.56 Å². The number of benzene rings is 4. The number of nitriles is 2. The van der Waals surface area contributed by atoms with E-state index in [1.807, 2.05) is 66.7 Å². The second-order valence-corrected chi connectivity index (χ2v) is 6.29. The second kappa shape index (κ2) is 9.55. The molecule has 0 spiro atoms. The first-order valence-corrected chi connectivity index (χ1v) is 9.05. The van der Waals surface area contributed by atoms with E-state index in [-0.39, 0.29) is 5.75 Å². The van der Waals surface area contributed by atoms with Crippen molar-refractivity contribution in [2.24, 2.45) is 0 Å². The van der Waals surface area contributed by atoms with Gasteiger partial charge >= 0.3 is 0 Å². The predicted octanol–water partition coefficient (Wildman–Crippen LogP) is 6.16. The molecule has 0 saturated heterocycles. The van der Waals surface area contributed by atoms with Gasteiger partial charge < -0.3 is 5.11 Å². The third-order valence-electron chi connectivity index (χ3n) is 4.34. The fourth-order valence-electron chi connectivity index (χ4n) is 2.76. The molecule has 1 N–H and O–H groups in total. The number of nitrogens with zero attached hydrogens (tertiary/aromatic N) is 2. The zero-order chi connectivity index (χ0) is 20.5. The molecule has 0 atom stereocenters. The van der Waals surface area contributed by atoms with Crippen LogP contribution in [0.25, 0.3) is 22.3 Å². The van der Waals surface area contributed by atoms with E-state index in [0.717, 1.165) is 16.7 Å². The van der Waals surface area contributed by atoms with Gasteiger partial charge in [0.1, 0.15) is 5.75 Å². The number of phenolic OH excluding ortho intramolecular Hbond substituents is 1. The third kappa shape index (κ3) is 5.32. The van der Waals surface area contributed by atoms with E-state index in [2.05, 4.69) is 24.3 Å². The first kappa shape index (κ1) is 19.4. The summed E-state index contributed by atoms with van der Waals surface area (Å²) in [5.41, 5.74) is 5.73. The van der Waals surface area contributed by atoms with Gasteiger partial charge in [-0.3, -0.25) is 0 Å². The highest BCUT2D eigenvalue weighted by Gasteiger charge is 1.98. The molecule has 0 fully saturated rings. The normalized spacial score (nSPS) is 9.45. The standard InChI is InChI=1S/C13H9NO.C13H9N/c14-9-10-1-3-11(4-2-10)12-5-7-13(15)8-6-12;14-10-11-6-8-13(9-7-11)12-4-2-1-3-5-12/h1-8,15H;1-9H. The summed E-state index contributed by atoms with van der Waals surface area (Å²) in [5, 5.41) is 26.4. The van der Waals surface area contributed by atoms with Gasteiger partial charge in [-0.1, -0.05) is 66.7 Å². The fourth-order valence-corrected chi connectivity index (χ4v) is 2.76. The Kier molecular flexibility index (Phi) is 6.40. The number of phenols is 1. The Morgan fingerprint density at radius 3 is 1.17 bits per heavy atom. The summed E-state index contributed by atoms with van der Waals surface area (Å²) < 4.78 is 0. The molecule has 3 heteroatoms. The van der Waals surface area contributed by atoms with Crippen LogP contribution in [0.5, 0.6) is 5.75 Å². The molecule has 3 nitrogen and oxygen atoms in total. The molecule has 0 heterocycles. The zero-order valence-corrected chi connectivity index (χ0v) is 15.7. The maximum absolute atomic E-state index is 9.14. The molecule has 0 aliphatic carbocycles. The lowest BCUT2D eigenvalue weighted by molar-refractivity contribution is 0.475. The van der Waals surface area contributed by atoms with E-state index in [4.69, 9.17) is 15.6 Å². The Balaban J connectivity index is 0.000000166. The smallest absolute Gasteiger partial charge is 0.115 e. The van der Waals surface area contributed by atoms with Crippen molar-refractivity contribution < 1.29 is 5.11 Å². The largest absolute Gasteiger partial charge is 0.508 e. The van der Waals surface area contributed by atoms with Crippen molar-refractivity contribution in [1.29, 1.82) is 10.5 Å². The molecule has 4 aromatic carbocycles. The monoisotopic (exact) mass is 374 g/mol. The summed E-state index contributed by atoms with van der Waals surface area (Å²) >= 11 is 0. The highest BCUT2D eigenvalue weighted by molar-refractivity contribution is 5.65. The van der Waals surface area contributed by atoms with Gasteiger partial charge in [0.2, 0.25) is 0 Å². The summed E-state index contributed by atoms with van der Waals surface area (Å²) in [7, 11) is 0. The molecule has 0 radical (unpaired) electrons. The molecule has 0 bridgehead atoms. The molecule has 4 rings (SSSR count). The van der Waals surface area contributed by atoms with Crippen LogP contribution in [0.2, 0.25) is 0 Å². The van der Waals surface area contributed by atoms with Crippen LogP contribution in [-0.2, 0) is 0 Å². The van der Waals surface area contributed by atoms with E-state index in [9.17, 15) is 0 Å². The van der Waals surface area contributed by atoms with Gasteiger partial charge in [0.25, 0.3) is 0 Å². The van der Waals surface area contributed by atoms with Crippen molar-refractivity contribution in [1.82, 2.24) is 0 Å².